The van der Waals surface area contributed by atoms with Crippen LogP contribution in [0.4, 0.5) is 0 Å². The second kappa shape index (κ2) is 5.66. The van der Waals surface area contributed by atoms with Crippen LogP contribution in [-0.4, -0.2) is 20.2 Å². The van der Waals surface area contributed by atoms with Gasteiger partial charge in [0.2, 0.25) is 0 Å². The molecule has 4 aliphatic rings. The largest absolute Gasteiger partial charge is 0.414 e. The molecule has 2 nitrogen and oxygen atoms in total. The third kappa shape index (κ3) is 2.73. The maximum absolute atomic E-state index is 11.9. The average molecular weight is 359 g/mol. The monoisotopic (exact) mass is 358 g/mol. The van der Waals surface area contributed by atoms with Gasteiger partial charge in [0.25, 0.3) is 0 Å². The molecule has 4 aliphatic carbocycles. The van der Waals surface area contributed by atoms with E-state index < -0.39 is 8.32 Å². The van der Waals surface area contributed by atoms with Crippen molar-refractivity contribution in [2.75, 3.05) is 0 Å². The van der Waals surface area contributed by atoms with Gasteiger partial charge in [-0.3, -0.25) is 4.79 Å². The summed E-state index contributed by atoms with van der Waals surface area (Å²) < 4.78 is 6.67. The Bertz CT molecular complexity index is 643. The molecule has 0 bridgehead atoms. The van der Waals surface area contributed by atoms with E-state index in [1.54, 1.807) is 0 Å². The first-order valence-electron chi connectivity index (χ1n) is 10.3. The number of ketones is 1. The lowest BCUT2D eigenvalue weighted by Crippen LogP contribution is -2.51. The topological polar surface area (TPSA) is 26.3 Å². The fraction of sp³-hybridized carbons (Fsp3) is 0.773. The summed E-state index contributed by atoms with van der Waals surface area (Å²) in [7, 11) is -1.50. The standard InChI is InChI=1S/C22H34O2Si/c1-21-12-10-16(23)14-15(21)6-7-17-18-8-9-20(24-25(3,4)5)22(18,2)13-11-19(17)21/h10,12,14,17-20H,6-9,11,13H2,1-5H3. The van der Waals surface area contributed by atoms with Gasteiger partial charge in [0.15, 0.2) is 14.1 Å². The molecule has 0 aromatic carbocycles. The van der Waals surface area contributed by atoms with E-state index in [4.69, 9.17) is 4.43 Å². The Morgan fingerprint density at radius 3 is 2.56 bits per heavy atom. The van der Waals surface area contributed by atoms with E-state index in [0.29, 0.717) is 17.4 Å². The van der Waals surface area contributed by atoms with Crippen LogP contribution in [0, 0.1) is 28.6 Å². The highest BCUT2D eigenvalue weighted by Crippen LogP contribution is 2.65. The van der Waals surface area contributed by atoms with Crippen molar-refractivity contribution >= 4 is 14.1 Å². The highest BCUT2D eigenvalue weighted by Gasteiger charge is 2.59. The summed E-state index contributed by atoms with van der Waals surface area (Å²) in [5.74, 6) is 2.50. The molecule has 3 heteroatoms. The zero-order chi connectivity index (χ0) is 18.0. The van der Waals surface area contributed by atoms with Gasteiger partial charge in [-0.1, -0.05) is 25.5 Å². The van der Waals surface area contributed by atoms with Crippen LogP contribution in [0.5, 0.6) is 0 Å². The number of hydrogen-bond donors (Lipinski definition) is 0. The van der Waals surface area contributed by atoms with Crippen LogP contribution in [0.25, 0.3) is 0 Å². The molecular weight excluding hydrogens is 324 g/mol. The fourth-order valence-corrected chi connectivity index (χ4v) is 8.01. The first kappa shape index (κ1) is 17.7. The molecule has 0 N–H and O–H groups in total. The molecule has 0 radical (unpaired) electrons. The predicted octanol–water partition coefficient (Wildman–Crippen LogP) is 5.51. The number of carbonyl (C=O) groups excluding carboxylic acids is 1. The highest BCUT2D eigenvalue weighted by atomic mass is 28.4. The summed E-state index contributed by atoms with van der Waals surface area (Å²) in [6.45, 7) is 11.9. The molecule has 138 valence electrons. The Morgan fingerprint density at radius 2 is 1.84 bits per heavy atom. The number of allylic oxidation sites excluding steroid dienone is 4. The Labute approximate surface area is 154 Å². The smallest absolute Gasteiger partial charge is 0.184 e. The second-order valence-corrected chi connectivity index (χ2v) is 14.9. The van der Waals surface area contributed by atoms with E-state index >= 15 is 0 Å². The molecule has 25 heavy (non-hydrogen) atoms. The van der Waals surface area contributed by atoms with Crippen LogP contribution >= 0.6 is 0 Å². The van der Waals surface area contributed by atoms with Crippen molar-refractivity contribution in [2.24, 2.45) is 28.6 Å². The van der Waals surface area contributed by atoms with Crippen molar-refractivity contribution < 1.29 is 9.22 Å². The van der Waals surface area contributed by atoms with E-state index in [1.807, 2.05) is 12.2 Å². The Morgan fingerprint density at radius 1 is 1.08 bits per heavy atom. The van der Waals surface area contributed by atoms with Crippen molar-refractivity contribution in [1.29, 1.82) is 0 Å². The normalized spacial score (nSPS) is 46.3. The quantitative estimate of drug-likeness (QED) is 0.608. The van der Waals surface area contributed by atoms with Crippen molar-refractivity contribution in [1.82, 2.24) is 0 Å². The zero-order valence-electron chi connectivity index (χ0n) is 16.6. The molecule has 0 amide bonds. The molecule has 0 saturated heterocycles. The molecular formula is C22H34O2Si. The van der Waals surface area contributed by atoms with Crippen LogP contribution in [0.2, 0.25) is 19.6 Å². The van der Waals surface area contributed by atoms with E-state index in [0.717, 1.165) is 18.3 Å². The van der Waals surface area contributed by atoms with Crippen LogP contribution in [0.1, 0.15) is 52.4 Å². The van der Waals surface area contributed by atoms with E-state index in [1.165, 1.54) is 37.7 Å². The SMILES string of the molecule is CC12C=CC(=O)C=C1CCC1C2CCC2(C)C(O[Si](C)(C)C)CCC12. The van der Waals surface area contributed by atoms with Gasteiger partial charge in [-0.15, -0.1) is 0 Å². The highest BCUT2D eigenvalue weighted by molar-refractivity contribution is 6.69. The molecule has 6 unspecified atom stereocenters. The third-order valence-electron chi connectivity index (χ3n) is 7.97. The van der Waals surface area contributed by atoms with Crippen LogP contribution in [0.3, 0.4) is 0 Å². The number of rotatable bonds is 2. The minimum Gasteiger partial charge on any atom is -0.414 e. The summed E-state index contributed by atoms with van der Waals surface area (Å²) in [4.78, 5) is 11.9. The predicted molar refractivity (Wildman–Crippen MR) is 105 cm³/mol. The molecule has 0 spiro atoms. The summed E-state index contributed by atoms with van der Waals surface area (Å²) in [5, 5.41) is 0. The van der Waals surface area contributed by atoms with Crippen molar-refractivity contribution in [3.63, 3.8) is 0 Å². The minimum atomic E-state index is -1.50. The van der Waals surface area contributed by atoms with E-state index in [9.17, 15) is 4.79 Å². The van der Waals surface area contributed by atoms with Crippen molar-refractivity contribution in [3.05, 3.63) is 23.8 Å². The molecule has 0 heterocycles. The van der Waals surface area contributed by atoms with E-state index in [-0.39, 0.29) is 11.2 Å². The van der Waals surface area contributed by atoms with Gasteiger partial charge in [0, 0.05) is 5.41 Å². The lowest BCUT2D eigenvalue weighted by atomic mass is 9.48. The van der Waals surface area contributed by atoms with Gasteiger partial charge in [0.05, 0.1) is 6.10 Å². The van der Waals surface area contributed by atoms with Gasteiger partial charge in [-0.2, -0.15) is 0 Å². The third-order valence-corrected chi connectivity index (χ3v) is 8.96. The first-order chi connectivity index (χ1) is 11.6. The summed E-state index contributed by atoms with van der Waals surface area (Å²) in [6, 6.07) is 0. The molecule has 3 saturated carbocycles. The average Bonchev–Trinajstić information content (AvgIpc) is 2.83. The zero-order valence-corrected chi connectivity index (χ0v) is 17.6. The summed E-state index contributed by atoms with van der Waals surface area (Å²) >= 11 is 0. The number of fused-ring (bicyclic) bond motifs is 5. The van der Waals surface area contributed by atoms with Crippen molar-refractivity contribution in [2.45, 2.75) is 78.1 Å². The van der Waals surface area contributed by atoms with Gasteiger partial charge in [-0.25, -0.2) is 0 Å². The molecule has 4 rings (SSSR count). The molecule has 0 aromatic rings. The van der Waals surface area contributed by atoms with Crippen LogP contribution < -0.4 is 0 Å². The molecule has 0 aliphatic heterocycles. The fourth-order valence-electron chi connectivity index (χ4n) is 6.77. The minimum absolute atomic E-state index is 0.121. The van der Waals surface area contributed by atoms with E-state index in [2.05, 4.69) is 39.6 Å². The van der Waals surface area contributed by atoms with Gasteiger partial charge >= 0.3 is 0 Å². The van der Waals surface area contributed by atoms with Gasteiger partial charge < -0.3 is 4.43 Å². The summed E-state index contributed by atoms with van der Waals surface area (Å²) in [5.41, 5.74) is 1.89. The van der Waals surface area contributed by atoms with Crippen LogP contribution in [0.15, 0.2) is 23.8 Å². The Balaban J connectivity index is 1.61. The van der Waals surface area contributed by atoms with Crippen LogP contribution in [-0.2, 0) is 9.22 Å². The number of carbonyl (C=O) groups is 1. The lowest BCUT2D eigenvalue weighted by Gasteiger charge is -2.57. The van der Waals surface area contributed by atoms with Crippen molar-refractivity contribution in [3.8, 4) is 0 Å². The Hall–Kier alpha value is -0.673. The second-order valence-electron chi connectivity index (χ2n) is 10.4. The molecule has 6 atom stereocenters. The molecule has 3 fully saturated rings. The molecule has 0 aromatic heterocycles. The first-order valence-corrected chi connectivity index (χ1v) is 13.7. The number of hydrogen-bond acceptors (Lipinski definition) is 2. The lowest BCUT2D eigenvalue weighted by molar-refractivity contribution is -0.111. The Kier molecular flexibility index (Phi) is 4.01. The summed E-state index contributed by atoms with van der Waals surface area (Å²) in [6.07, 6.45) is 14.0. The maximum Gasteiger partial charge on any atom is 0.184 e. The van der Waals surface area contributed by atoms with Gasteiger partial charge in [-0.05, 0) is 93.5 Å². The maximum atomic E-state index is 11.9. The van der Waals surface area contributed by atoms with Gasteiger partial charge in [0.1, 0.15) is 0 Å².